The van der Waals surface area contributed by atoms with Gasteiger partial charge in [0, 0.05) is 49.0 Å². The van der Waals surface area contributed by atoms with Crippen molar-refractivity contribution in [3.05, 3.63) is 47.2 Å². The quantitative estimate of drug-likeness (QED) is 0.570. The van der Waals surface area contributed by atoms with E-state index in [-0.39, 0.29) is 34.8 Å². The SMILES string of the molecule is Cl.Cn1ccc2c(Nc3ccc(Cl)cc3OC(F)(F)F)ncc(C(=O)N3CCOCC3)c21. The van der Waals surface area contributed by atoms with Crippen LogP contribution >= 0.6 is 24.0 Å². The van der Waals surface area contributed by atoms with Crippen molar-refractivity contribution in [2.75, 3.05) is 31.6 Å². The number of anilines is 2. The van der Waals surface area contributed by atoms with Crippen LogP contribution in [0, 0.1) is 0 Å². The van der Waals surface area contributed by atoms with Gasteiger partial charge in [-0.2, -0.15) is 0 Å². The Hall–Kier alpha value is -2.69. The molecule has 0 atom stereocenters. The van der Waals surface area contributed by atoms with Crippen LogP contribution in [0.3, 0.4) is 0 Å². The number of aryl methyl sites for hydroxylation is 1. The Labute approximate surface area is 192 Å². The molecule has 0 unspecified atom stereocenters. The van der Waals surface area contributed by atoms with E-state index in [1.54, 1.807) is 28.8 Å². The highest BCUT2D eigenvalue weighted by molar-refractivity contribution is 6.30. The average Bonchev–Trinajstić information content (AvgIpc) is 3.11. The maximum Gasteiger partial charge on any atom is 0.573 e. The third-order valence-electron chi connectivity index (χ3n) is 4.86. The fourth-order valence-corrected chi connectivity index (χ4v) is 3.61. The number of fused-ring (bicyclic) bond motifs is 1. The number of carbonyl (C=O) groups is 1. The predicted molar refractivity (Wildman–Crippen MR) is 116 cm³/mol. The number of morpholine rings is 1. The van der Waals surface area contributed by atoms with Gasteiger partial charge in [-0.3, -0.25) is 4.79 Å². The molecule has 3 heterocycles. The van der Waals surface area contributed by atoms with E-state index >= 15 is 0 Å². The Balaban J connectivity index is 0.00000289. The number of aromatic nitrogens is 2. The molecule has 1 aromatic carbocycles. The number of nitrogens with one attached hydrogen (secondary N) is 1. The average molecular weight is 491 g/mol. The lowest BCUT2D eigenvalue weighted by molar-refractivity contribution is -0.274. The van der Waals surface area contributed by atoms with Gasteiger partial charge >= 0.3 is 6.36 Å². The Morgan fingerprint density at radius 3 is 2.66 bits per heavy atom. The van der Waals surface area contributed by atoms with E-state index < -0.39 is 12.1 Å². The van der Waals surface area contributed by atoms with Crippen LogP contribution < -0.4 is 10.1 Å². The number of rotatable bonds is 4. The van der Waals surface area contributed by atoms with E-state index in [4.69, 9.17) is 16.3 Å². The highest BCUT2D eigenvalue weighted by atomic mass is 35.5. The minimum atomic E-state index is -4.88. The largest absolute Gasteiger partial charge is 0.573 e. The summed E-state index contributed by atoms with van der Waals surface area (Å²) >= 11 is 5.83. The molecule has 1 N–H and O–H groups in total. The zero-order chi connectivity index (χ0) is 22.2. The summed E-state index contributed by atoms with van der Waals surface area (Å²) < 4.78 is 49.6. The highest BCUT2D eigenvalue weighted by Gasteiger charge is 2.32. The highest BCUT2D eigenvalue weighted by Crippen LogP contribution is 2.36. The molecule has 4 rings (SSSR count). The first-order chi connectivity index (χ1) is 14.7. The van der Waals surface area contributed by atoms with Crippen molar-refractivity contribution in [1.82, 2.24) is 14.5 Å². The number of alkyl halides is 3. The summed E-state index contributed by atoms with van der Waals surface area (Å²) in [6.07, 6.45) is -1.71. The van der Waals surface area contributed by atoms with Crippen LogP contribution in [-0.2, 0) is 11.8 Å². The molecule has 172 valence electrons. The summed E-state index contributed by atoms with van der Waals surface area (Å²) in [4.78, 5) is 19.0. The first-order valence-corrected chi connectivity index (χ1v) is 9.74. The number of hydrogen-bond acceptors (Lipinski definition) is 5. The number of amides is 1. The van der Waals surface area contributed by atoms with Crippen LogP contribution in [0.25, 0.3) is 10.9 Å². The second-order valence-electron chi connectivity index (χ2n) is 6.93. The number of carbonyl (C=O) groups excluding carboxylic acids is 1. The molecule has 0 aliphatic carbocycles. The summed E-state index contributed by atoms with van der Waals surface area (Å²) in [5.41, 5.74) is 1.05. The Kier molecular flexibility index (Phi) is 7.06. The van der Waals surface area contributed by atoms with Gasteiger partial charge in [-0.1, -0.05) is 11.6 Å². The third-order valence-corrected chi connectivity index (χ3v) is 5.09. The normalized spacial score (nSPS) is 14.2. The van der Waals surface area contributed by atoms with Crippen LogP contribution in [0.5, 0.6) is 5.75 Å². The van der Waals surface area contributed by atoms with Crippen LogP contribution in [0.2, 0.25) is 5.02 Å². The first kappa shape index (κ1) is 24.0. The van der Waals surface area contributed by atoms with Crippen molar-refractivity contribution < 1.29 is 27.4 Å². The molecular formula is C20H19Cl2F3N4O3. The maximum absolute atomic E-state index is 13.0. The Morgan fingerprint density at radius 2 is 1.97 bits per heavy atom. The summed E-state index contributed by atoms with van der Waals surface area (Å²) in [7, 11) is 1.78. The zero-order valence-corrected chi connectivity index (χ0v) is 18.4. The monoisotopic (exact) mass is 490 g/mol. The molecule has 1 aliphatic heterocycles. The molecule has 32 heavy (non-hydrogen) atoms. The van der Waals surface area contributed by atoms with Crippen LogP contribution in [0.15, 0.2) is 36.7 Å². The molecule has 7 nitrogen and oxygen atoms in total. The fraction of sp³-hybridized carbons (Fsp3) is 0.300. The number of nitrogens with zero attached hydrogens (tertiary/aromatic N) is 3. The topological polar surface area (TPSA) is 68.6 Å². The molecule has 1 amide bonds. The number of hydrogen-bond donors (Lipinski definition) is 1. The number of pyridine rings is 1. The van der Waals surface area contributed by atoms with Gasteiger partial charge in [0.1, 0.15) is 5.82 Å². The Bertz CT molecular complexity index is 1130. The van der Waals surface area contributed by atoms with Crippen molar-refractivity contribution in [3.8, 4) is 5.75 Å². The number of halogens is 5. The Morgan fingerprint density at radius 1 is 1.25 bits per heavy atom. The molecule has 0 radical (unpaired) electrons. The molecule has 1 saturated heterocycles. The number of benzene rings is 1. The lowest BCUT2D eigenvalue weighted by Gasteiger charge is -2.27. The van der Waals surface area contributed by atoms with Gasteiger partial charge in [0.2, 0.25) is 0 Å². The molecule has 3 aromatic rings. The van der Waals surface area contributed by atoms with E-state index in [1.165, 1.54) is 18.3 Å². The molecule has 12 heteroatoms. The van der Waals surface area contributed by atoms with Gasteiger partial charge in [-0.05, 0) is 18.2 Å². The summed E-state index contributed by atoms with van der Waals surface area (Å²) in [6.45, 7) is 1.89. The molecule has 0 bridgehead atoms. The first-order valence-electron chi connectivity index (χ1n) is 9.36. The van der Waals surface area contributed by atoms with Crippen LogP contribution in [0.1, 0.15) is 10.4 Å². The fourth-order valence-electron chi connectivity index (χ4n) is 3.44. The maximum atomic E-state index is 13.0. The van der Waals surface area contributed by atoms with E-state index in [9.17, 15) is 18.0 Å². The number of ether oxygens (including phenoxy) is 2. The van der Waals surface area contributed by atoms with E-state index in [0.717, 1.165) is 6.07 Å². The van der Waals surface area contributed by atoms with Crippen molar-refractivity contribution >= 4 is 52.3 Å². The van der Waals surface area contributed by atoms with Gasteiger partial charge in [0.25, 0.3) is 5.91 Å². The van der Waals surface area contributed by atoms with Crippen LogP contribution in [0.4, 0.5) is 24.7 Å². The van der Waals surface area contributed by atoms with Gasteiger partial charge in [0.05, 0.1) is 30.0 Å². The lowest BCUT2D eigenvalue weighted by Crippen LogP contribution is -2.40. The van der Waals surface area contributed by atoms with E-state index in [1.807, 2.05) is 0 Å². The molecule has 2 aromatic heterocycles. The molecule has 0 spiro atoms. The summed E-state index contributed by atoms with van der Waals surface area (Å²) in [5.74, 6) is -0.385. The van der Waals surface area contributed by atoms with Crippen molar-refractivity contribution in [2.24, 2.45) is 7.05 Å². The second-order valence-corrected chi connectivity index (χ2v) is 7.36. The minimum absolute atomic E-state index is 0. The molecule has 1 aliphatic rings. The molecular weight excluding hydrogens is 472 g/mol. The van der Waals surface area contributed by atoms with Crippen LogP contribution in [-0.4, -0.2) is 53.0 Å². The molecule has 1 fully saturated rings. The summed E-state index contributed by atoms with van der Waals surface area (Å²) in [6, 6.07) is 5.61. The summed E-state index contributed by atoms with van der Waals surface area (Å²) in [5, 5.41) is 3.54. The molecule has 0 saturated carbocycles. The smallest absolute Gasteiger partial charge is 0.404 e. The zero-order valence-electron chi connectivity index (χ0n) is 16.8. The predicted octanol–water partition coefficient (Wildman–Crippen LogP) is 4.76. The third kappa shape index (κ3) is 5.03. The van der Waals surface area contributed by atoms with Gasteiger partial charge in [0.15, 0.2) is 5.75 Å². The van der Waals surface area contributed by atoms with Gasteiger partial charge in [-0.25, -0.2) is 4.98 Å². The van der Waals surface area contributed by atoms with E-state index in [0.29, 0.717) is 42.8 Å². The van der Waals surface area contributed by atoms with Gasteiger partial charge < -0.3 is 24.3 Å². The van der Waals surface area contributed by atoms with Gasteiger partial charge in [-0.15, -0.1) is 25.6 Å². The van der Waals surface area contributed by atoms with Crippen molar-refractivity contribution in [1.29, 1.82) is 0 Å². The second kappa shape index (κ2) is 9.43. The standard InChI is InChI=1S/C20H18ClF3N4O3.ClH/c1-27-5-4-13-17(27)14(19(29)28-6-8-30-9-7-28)11-25-18(13)26-15-3-2-12(21)10-16(15)31-20(22,23)24;/h2-5,10-11H,6-9H2,1H3,(H,25,26);1H. The lowest BCUT2D eigenvalue weighted by atomic mass is 10.1. The van der Waals surface area contributed by atoms with Crippen molar-refractivity contribution in [3.63, 3.8) is 0 Å². The minimum Gasteiger partial charge on any atom is -0.404 e. The van der Waals surface area contributed by atoms with E-state index in [2.05, 4.69) is 15.0 Å². The van der Waals surface area contributed by atoms with Crippen molar-refractivity contribution in [2.45, 2.75) is 6.36 Å².